The standard InChI is InChI=1S/C13H11BrClNO2S/c1-6(2)12-16-10(13(17)18)11(19-12)8-5-7(15)3-4-9(8)14/h3-6H,1-2H3,(H,17,18). The van der Waals surface area contributed by atoms with Crippen molar-refractivity contribution < 1.29 is 9.90 Å². The quantitative estimate of drug-likeness (QED) is 0.833. The van der Waals surface area contributed by atoms with Crippen molar-refractivity contribution in [3.8, 4) is 10.4 Å². The molecule has 6 heteroatoms. The molecule has 2 aromatic rings. The Hall–Kier alpha value is -0.910. The first-order chi connectivity index (χ1) is 8.90. The monoisotopic (exact) mass is 359 g/mol. The van der Waals surface area contributed by atoms with Crippen molar-refractivity contribution >= 4 is 44.8 Å². The van der Waals surface area contributed by atoms with Gasteiger partial charge in [0.05, 0.1) is 9.88 Å². The van der Waals surface area contributed by atoms with Crippen molar-refractivity contribution in [1.29, 1.82) is 0 Å². The molecule has 0 unspecified atom stereocenters. The number of halogens is 2. The van der Waals surface area contributed by atoms with Crippen LogP contribution in [-0.4, -0.2) is 16.1 Å². The highest BCUT2D eigenvalue weighted by Gasteiger charge is 2.21. The topological polar surface area (TPSA) is 50.2 Å². The van der Waals surface area contributed by atoms with Gasteiger partial charge in [0.1, 0.15) is 0 Å². The van der Waals surface area contributed by atoms with Crippen LogP contribution >= 0.6 is 38.9 Å². The third kappa shape index (κ3) is 2.99. The molecule has 1 heterocycles. The fourth-order valence-corrected chi connectivity index (χ4v) is 3.42. The van der Waals surface area contributed by atoms with Gasteiger partial charge in [0, 0.05) is 21.0 Å². The Balaban J connectivity index is 2.66. The summed E-state index contributed by atoms with van der Waals surface area (Å²) in [4.78, 5) is 16.2. The molecule has 0 saturated carbocycles. The van der Waals surface area contributed by atoms with Gasteiger partial charge in [0.25, 0.3) is 0 Å². The highest BCUT2D eigenvalue weighted by molar-refractivity contribution is 9.10. The molecule has 100 valence electrons. The SMILES string of the molecule is CC(C)c1nc(C(=O)O)c(-c2cc(Cl)ccc2Br)s1. The Kier molecular flexibility index (Phi) is 4.28. The number of carboxylic acids is 1. The van der Waals surface area contributed by atoms with Crippen molar-refractivity contribution in [2.75, 3.05) is 0 Å². The lowest BCUT2D eigenvalue weighted by molar-refractivity contribution is 0.0692. The van der Waals surface area contributed by atoms with Crippen LogP contribution in [0.3, 0.4) is 0 Å². The minimum absolute atomic E-state index is 0.0802. The van der Waals surface area contributed by atoms with Gasteiger partial charge in [-0.05, 0) is 18.2 Å². The second-order valence-electron chi connectivity index (χ2n) is 4.31. The number of carbonyl (C=O) groups is 1. The van der Waals surface area contributed by atoms with E-state index in [2.05, 4.69) is 20.9 Å². The van der Waals surface area contributed by atoms with E-state index < -0.39 is 5.97 Å². The molecule has 0 aliphatic rings. The summed E-state index contributed by atoms with van der Waals surface area (Å²) in [5.74, 6) is -0.833. The molecule has 0 atom stereocenters. The number of aromatic nitrogens is 1. The molecule has 0 bridgehead atoms. The van der Waals surface area contributed by atoms with Crippen LogP contribution in [0.25, 0.3) is 10.4 Å². The third-order valence-corrected chi connectivity index (χ3v) is 4.83. The van der Waals surface area contributed by atoms with Gasteiger partial charge in [0.15, 0.2) is 5.69 Å². The summed E-state index contributed by atoms with van der Waals surface area (Å²) in [6, 6.07) is 5.30. The second kappa shape index (κ2) is 5.61. The van der Waals surface area contributed by atoms with Gasteiger partial charge in [-0.1, -0.05) is 41.4 Å². The van der Waals surface area contributed by atoms with Gasteiger partial charge in [-0.25, -0.2) is 9.78 Å². The van der Waals surface area contributed by atoms with Crippen LogP contribution in [0.5, 0.6) is 0 Å². The number of carboxylic acid groups (broad SMARTS) is 1. The molecule has 0 spiro atoms. The Morgan fingerprint density at radius 1 is 1.47 bits per heavy atom. The number of benzene rings is 1. The number of thiazole rings is 1. The van der Waals surface area contributed by atoms with E-state index in [-0.39, 0.29) is 11.6 Å². The van der Waals surface area contributed by atoms with Gasteiger partial charge < -0.3 is 5.11 Å². The van der Waals surface area contributed by atoms with Crippen LogP contribution in [0.1, 0.15) is 35.3 Å². The summed E-state index contributed by atoms with van der Waals surface area (Å²) in [7, 11) is 0. The van der Waals surface area contributed by atoms with Crippen LogP contribution < -0.4 is 0 Å². The summed E-state index contributed by atoms with van der Waals surface area (Å²) >= 11 is 10.8. The van der Waals surface area contributed by atoms with Gasteiger partial charge in [-0.2, -0.15) is 0 Å². The molecule has 0 aliphatic heterocycles. The predicted octanol–water partition coefficient (Wildman–Crippen LogP) is 5.05. The Morgan fingerprint density at radius 2 is 2.16 bits per heavy atom. The maximum atomic E-state index is 11.3. The lowest BCUT2D eigenvalue weighted by atomic mass is 10.1. The lowest BCUT2D eigenvalue weighted by Crippen LogP contribution is -1.99. The van der Waals surface area contributed by atoms with E-state index in [1.165, 1.54) is 11.3 Å². The number of hydrogen-bond acceptors (Lipinski definition) is 3. The Bertz CT molecular complexity index is 640. The van der Waals surface area contributed by atoms with E-state index in [9.17, 15) is 9.90 Å². The Labute approximate surface area is 128 Å². The number of nitrogens with zero attached hydrogens (tertiary/aromatic N) is 1. The minimum Gasteiger partial charge on any atom is -0.476 e. The predicted molar refractivity (Wildman–Crippen MR) is 81.3 cm³/mol. The van der Waals surface area contributed by atoms with Crippen LogP contribution in [0.2, 0.25) is 5.02 Å². The van der Waals surface area contributed by atoms with E-state index in [0.29, 0.717) is 9.90 Å². The maximum absolute atomic E-state index is 11.3. The number of hydrogen-bond donors (Lipinski definition) is 1. The molecule has 2 rings (SSSR count). The fraction of sp³-hybridized carbons (Fsp3) is 0.231. The molecular formula is C13H11BrClNO2S. The van der Waals surface area contributed by atoms with Crippen molar-refractivity contribution in [2.45, 2.75) is 19.8 Å². The highest BCUT2D eigenvalue weighted by atomic mass is 79.9. The van der Waals surface area contributed by atoms with Crippen LogP contribution in [0.4, 0.5) is 0 Å². The zero-order chi connectivity index (χ0) is 14.2. The molecule has 0 amide bonds. The first-order valence-electron chi connectivity index (χ1n) is 5.59. The van der Waals surface area contributed by atoms with Gasteiger partial charge >= 0.3 is 5.97 Å². The van der Waals surface area contributed by atoms with Crippen molar-refractivity contribution in [3.05, 3.63) is 38.4 Å². The molecule has 3 nitrogen and oxygen atoms in total. The van der Waals surface area contributed by atoms with Crippen LogP contribution in [0, 0.1) is 0 Å². The molecule has 1 aromatic heterocycles. The molecule has 19 heavy (non-hydrogen) atoms. The van der Waals surface area contributed by atoms with Crippen LogP contribution in [0.15, 0.2) is 22.7 Å². The average Bonchev–Trinajstić information content (AvgIpc) is 2.77. The van der Waals surface area contributed by atoms with E-state index >= 15 is 0 Å². The fourth-order valence-electron chi connectivity index (χ4n) is 1.58. The summed E-state index contributed by atoms with van der Waals surface area (Å²) in [6.45, 7) is 3.97. The second-order valence-corrected chi connectivity index (χ2v) is 6.64. The van der Waals surface area contributed by atoms with Crippen LogP contribution in [-0.2, 0) is 0 Å². The summed E-state index contributed by atoms with van der Waals surface area (Å²) < 4.78 is 0.804. The van der Waals surface area contributed by atoms with Crippen molar-refractivity contribution in [1.82, 2.24) is 4.98 Å². The van der Waals surface area contributed by atoms with E-state index in [1.807, 2.05) is 13.8 Å². The molecule has 0 radical (unpaired) electrons. The molecule has 1 N–H and O–H groups in total. The molecule has 0 aliphatic carbocycles. The van der Waals surface area contributed by atoms with Gasteiger partial charge in [-0.3, -0.25) is 0 Å². The molecule has 0 saturated heterocycles. The van der Waals surface area contributed by atoms with Gasteiger partial charge in [0.2, 0.25) is 0 Å². The zero-order valence-electron chi connectivity index (χ0n) is 10.3. The Morgan fingerprint density at radius 3 is 2.74 bits per heavy atom. The number of aromatic carboxylic acids is 1. The highest BCUT2D eigenvalue weighted by Crippen LogP contribution is 2.38. The molecular weight excluding hydrogens is 350 g/mol. The first kappa shape index (κ1) is 14.5. The molecule has 0 fully saturated rings. The first-order valence-corrected chi connectivity index (χ1v) is 7.58. The smallest absolute Gasteiger partial charge is 0.356 e. The minimum atomic E-state index is -1.02. The van der Waals surface area contributed by atoms with Crippen molar-refractivity contribution in [2.24, 2.45) is 0 Å². The molecule has 1 aromatic carbocycles. The van der Waals surface area contributed by atoms with E-state index in [1.54, 1.807) is 18.2 Å². The maximum Gasteiger partial charge on any atom is 0.356 e. The normalized spacial score (nSPS) is 11.0. The summed E-state index contributed by atoms with van der Waals surface area (Å²) in [6.07, 6.45) is 0. The summed E-state index contributed by atoms with van der Waals surface area (Å²) in [5, 5.41) is 10.6. The van der Waals surface area contributed by atoms with Gasteiger partial charge in [-0.15, -0.1) is 11.3 Å². The number of rotatable bonds is 3. The van der Waals surface area contributed by atoms with E-state index in [4.69, 9.17) is 11.6 Å². The average molecular weight is 361 g/mol. The lowest BCUT2D eigenvalue weighted by Gasteiger charge is -2.03. The largest absolute Gasteiger partial charge is 0.476 e. The van der Waals surface area contributed by atoms with E-state index in [0.717, 1.165) is 15.0 Å². The zero-order valence-corrected chi connectivity index (χ0v) is 13.4. The summed E-state index contributed by atoms with van der Waals surface area (Å²) in [5.41, 5.74) is 0.839. The third-order valence-electron chi connectivity index (χ3n) is 2.51. The van der Waals surface area contributed by atoms with Crippen molar-refractivity contribution in [3.63, 3.8) is 0 Å².